The number of rotatable bonds is 5. The van der Waals surface area contributed by atoms with Crippen LogP contribution < -0.4 is 16.1 Å². The standard InChI is InChI=1S/C12H12BrFN6O4/c13-7-5-6(1-2-8(7)14)16-10(18-23)9-11(20-24-19-9)17-12(22)15-3-4-21/h1-2,5,21,23H,3-4H2,(H,16,18)(H2,15,17,20,22). The summed E-state index contributed by atoms with van der Waals surface area (Å²) in [4.78, 5) is 15.6. The Morgan fingerprint density at radius 1 is 1.42 bits per heavy atom. The molecule has 0 atom stereocenters. The van der Waals surface area contributed by atoms with E-state index < -0.39 is 11.8 Å². The van der Waals surface area contributed by atoms with E-state index in [0.717, 1.165) is 0 Å². The summed E-state index contributed by atoms with van der Waals surface area (Å²) in [7, 11) is 0. The number of amidine groups is 1. The van der Waals surface area contributed by atoms with Gasteiger partial charge in [-0.15, -0.1) is 0 Å². The first-order chi connectivity index (χ1) is 11.5. The number of hydrogen-bond donors (Lipinski definition) is 5. The Balaban J connectivity index is 2.24. The van der Waals surface area contributed by atoms with Crippen molar-refractivity contribution >= 4 is 39.3 Å². The van der Waals surface area contributed by atoms with E-state index in [0.29, 0.717) is 5.69 Å². The summed E-state index contributed by atoms with van der Waals surface area (Å²) in [6.07, 6.45) is 0. The second-order valence-electron chi connectivity index (χ2n) is 4.24. The van der Waals surface area contributed by atoms with Crippen LogP contribution in [0.1, 0.15) is 5.69 Å². The Bertz CT molecular complexity index is 753. The van der Waals surface area contributed by atoms with E-state index in [4.69, 9.17) is 5.11 Å². The summed E-state index contributed by atoms with van der Waals surface area (Å²) in [6.45, 7) is -0.197. The first kappa shape index (κ1) is 17.8. The van der Waals surface area contributed by atoms with Gasteiger partial charge in [0.15, 0.2) is 11.5 Å². The van der Waals surface area contributed by atoms with Crippen molar-refractivity contribution in [2.45, 2.75) is 0 Å². The van der Waals surface area contributed by atoms with Crippen molar-refractivity contribution in [2.75, 3.05) is 18.5 Å². The number of hydroxylamine groups is 1. The highest BCUT2D eigenvalue weighted by molar-refractivity contribution is 9.10. The maximum Gasteiger partial charge on any atom is 0.320 e. The molecular formula is C12H12BrFN6O4. The minimum atomic E-state index is -0.664. The van der Waals surface area contributed by atoms with Crippen molar-refractivity contribution in [3.05, 3.63) is 34.2 Å². The van der Waals surface area contributed by atoms with Crippen LogP contribution in [-0.4, -0.2) is 45.6 Å². The molecule has 0 bridgehead atoms. The van der Waals surface area contributed by atoms with E-state index in [2.05, 4.69) is 46.5 Å². The van der Waals surface area contributed by atoms with Crippen LogP contribution in [0.25, 0.3) is 0 Å². The molecule has 0 aliphatic heterocycles. The molecule has 5 N–H and O–H groups in total. The van der Waals surface area contributed by atoms with E-state index in [1.165, 1.54) is 18.2 Å². The van der Waals surface area contributed by atoms with Crippen LogP contribution in [0.4, 0.5) is 20.7 Å². The third kappa shape index (κ3) is 4.47. The van der Waals surface area contributed by atoms with Gasteiger partial charge >= 0.3 is 6.03 Å². The molecule has 2 aromatic rings. The number of carbonyl (C=O) groups excluding carboxylic acids is 1. The molecule has 1 heterocycles. The molecule has 10 nitrogen and oxygen atoms in total. The normalized spacial score (nSPS) is 11.2. The molecule has 12 heteroatoms. The molecule has 0 radical (unpaired) electrons. The molecule has 2 amide bonds. The quantitative estimate of drug-likeness (QED) is 0.286. The molecule has 128 valence electrons. The third-order valence-corrected chi connectivity index (χ3v) is 3.20. The van der Waals surface area contributed by atoms with Crippen LogP contribution in [0.5, 0.6) is 0 Å². The summed E-state index contributed by atoms with van der Waals surface area (Å²) in [5, 5.41) is 29.6. The molecular weight excluding hydrogens is 391 g/mol. The topological polar surface area (TPSA) is 145 Å². The van der Waals surface area contributed by atoms with Gasteiger partial charge in [0.25, 0.3) is 0 Å². The second kappa shape index (κ2) is 8.33. The lowest BCUT2D eigenvalue weighted by molar-refractivity contribution is 0.234. The molecule has 0 saturated heterocycles. The summed E-state index contributed by atoms with van der Waals surface area (Å²) < 4.78 is 17.9. The number of aliphatic hydroxyl groups excluding tert-OH is 1. The summed E-state index contributed by atoms with van der Waals surface area (Å²) >= 11 is 3.02. The van der Waals surface area contributed by atoms with Gasteiger partial charge in [-0.2, -0.15) is 0 Å². The number of nitrogens with one attached hydrogen (secondary N) is 3. The number of aromatic nitrogens is 2. The zero-order valence-electron chi connectivity index (χ0n) is 12.0. The van der Waals surface area contributed by atoms with Crippen molar-refractivity contribution in [2.24, 2.45) is 4.99 Å². The van der Waals surface area contributed by atoms with Crippen LogP contribution >= 0.6 is 15.9 Å². The van der Waals surface area contributed by atoms with Gasteiger partial charge in [-0.3, -0.25) is 16.0 Å². The van der Waals surface area contributed by atoms with Crippen molar-refractivity contribution in [3.63, 3.8) is 0 Å². The van der Waals surface area contributed by atoms with Crippen LogP contribution in [0.15, 0.2) is 32.3 Å². The van der Waals surface area contributed by atoms with Crippen LogP contribution in [-0.2, 0) is 0 Å². The fourth-order valence-electron chi connectivity index (χ4n) is 1.56. The number of aliphatic imine (C=N–C) groups is 1. The Morgan fingerprint density at radius 2 is 2.21 bits per heavy atom. The van der Waals surface area contributed by atoms with Crippen LogP contribution in [0.3, 0.4) is 0 Å². The lowest BCUT2D eigenvalue weighted by atomic mass is 10.3. The predicted octanol–water partition coefficient (Wildman–Crippen LogP) is 1.14. The Hall–Kier alpha value is -2.57. The average Bonchev–Trinajstić information content (AvgIpc) is 3.01. The van der Waals surface area contributed by atoms with E-state index in [1.807, 2.05) is 5.48 Å². The highest BCUT2D eigenvalue weighted by Crippen LogP contribution is 2.23. The SMILES string of the molecule is O=C(NCCO)Nc1nonc1C(=Nc1ccc(F)c(Br)c1)NO. The smallest absolute Gasteiger partial charge is 0.320 e. The molecule has 0 saturated carbocycles. The van der Waals surface area contributed by atoms with E-state index in [-0.39, 0.29) is 35.0 Å². The van der Waals surface area contributed by atoms with Crippen molar-refractivity contribution in [1.82, 2.24) is 21.1 Å². The van der Waals surface area contributed by atoms with Gasteiger partial charge in [-0.1, -0.05) is 0 Å². The van der Waals surface area contributed by atoms with Crippen molar-refractivity contribution < 1.29 is 24.1 Å². The van der Waals surface area contributed by atoms with E-state index in [1.54, 1.807) is 0 Å². The first-order valence-corrected chi connectivity index (χ1v) is 7.27. The molecule has 0 aliphatic carbocycles. The molecule has 0 unspecified atom stereocenters. The van der Waals surface area contributed by atoms with E-state index in [9.17, 15) is 14.4 Å². The number of urea groups is 1. The number of carbonyl (C=O) groups is 1. The van der Waals surface area contributed by atoms with Crippen LogP contribution in [0.2, 0.25) is 0 Å². The second-order valence-corrected chi connectivity index (χ2v) is 5.09. The number of anilines is 1. The van der Waals surface area contributed by atoms with Crippen LogP contribution in [0, 0.1) is 5.82 Å². The summed E-state index contributed by atoms with van der Waals surface area (Å²) in [6, 6.07) is 3.26. The van der Waals surface area contributed by atoms with Crippen molar-refractivity contribution in [1.29, 1.82) is 0 Å². The number of nitrogens with zero attached hydrogens (tertiary/aromatic N) is 3. The fourth-order valence-corrected chi connectivity index (χ4v) is 1.93. The molecule has 0 fully saturated rings. The largest absolute Gasteiger partial charge is 0.395 e. The van der Waals surface area contributed by atoms with Gasteiger partial charge in [0.05, 0.1) is 16.8 Å². The molecule has 1 aromatic heterocycles. The van der Waals surface area contributed by atoms with Gasteiger partial charge in [0, 0.05) is 6.54 Å². The van der Waals surface area contributed by atoms with E-state index >= 15 is 0 Å². The molecule has 0 spiro atoms. The Morgan fingerprint density at radius 3 is 2.88 bits per heavy atom. The molecule has 1 aromatic carbocycles. The monoisotopic (exact) mass is 402 g/mol. The first-order valence-electron chi connectivity index (χ1n) is 6.47. The minimum Gasteiger partial charge on any atom is -0.395 e. The zero-order valence-corrected chi connectivity index (χ0v) is 13.5. The van der Waals surface area contributed by atoms with Gasteiger partial charge in [-0.25, -0.2) is 18.8 Å². The molecule has 0 aliphatic rings. The third-order valence-electron chi connectivity index (χ3n) is 2.59. The van der Waals surface area contributed by atoms with Gasteiger partial charge in [0.1, 0.15) is 5.82 Å². The molecule has 2 rings (SSSR count). The number of halogens is 2. The highest BCUT2D eigenvalue weighted by Gasteiger charge is 2.18. The summed E-state index contributed by atoms with van der Waals surface area (Å²) in [5.74, 6) is -0.780. The predicted molar refractivity (Wildman–Crippen MR) is 83.6 cm³/mol. The highest BCUT2D eigenvalue weighted by atomic mass is 79.9. The van der Waals surface area contributed by atoms with Crippen molar-refractivity contribution in [3.8, 4) is 0 Å². The Labute approximate surface area is 142 Å². The minimum absolute atomic E-state index is 0.0370. The maximum absolute atomic E-state index is 13.2. The molecule has 24 heavy (non-hydrogen) atoms. The maximum atomic E-state index is 13.2. The van der Waals surface area contributed by atoms with Gasteiger partial charge < -0.3 is 10.4 Å². The lowest BCUT2D eigenvalue weighted by Crippen LogP contribution is -2.32. The average molecular weight is 403 g/mol. The number of amides is 2. The number of hydrogen-bond acceptors (Lipinski definition) is 7. The Kier molecular flexibility index (Phi) is 6.17. The van der Waals surface area contributed by atoms with Gasteiger partial charge in [-0.05, 0) is 44.4 Å². The fraction of sp³-hybridized carbons (Fsp3) is 0.167. The van der Waals surface area contributed by atoms with Gasteiger partial charge in [0.2, 0.25) is 5.82 Å². The number of aliphatic hydroxyl groups is 1. The summed E-state index contributed by atoms with van der Waals surface area (Å²) in [5.41, 5.74) is 2.01. The lowest BCUT2D eigenvalue weighted by Gasteiger charge is -2.06. The number of benzene rings is 1. The zero-order chi connectivity index (χ0) is 17.5.